The number of carbonyl (C=O) groups excluding carboxylic acids is 2. The molecule has 3 heterocycles. The summed E-state index contributed by atoms with van der Waals surface area (Å²) in [6, 6.07) is 8.14. The molecule has 2 aliphatic heterocycles. The molecule has 24 heavy (non-hydrogen) atoms. The van der Waals surface area contributed by atoms with Gasteiger partial charge in [-0.1, -0.05) is 12.1 Å². The molecule has 6 nitrogen and oxygen atoms in total. The fourth-order valence-corrected chi connectivity index (χ4v) is 4.33. The van der Waals surface area contributed by atoms with Crippen LogP contribution in [-0.2, 0) is 9.59 Å². The van der Waals surface area contributed by atoms with E-state index in [9.17, 15) is 9.59 Å². The number of fused-ring (bicyclic) bond motifs is 1. The van der Waals surface area contributed by atoms with Crippen molar-refractivity contribution in [1.82, 2.24) is 15.3 Å². The molecule has 1 fully saturated rings. The van der Waals surface area contributed by atoms with Gasteiger partial charge in [0.25, 0.3) is 5.91 Å². The van der Waals surface area contributed by atoms with Crippen LogP contribution in [0.15, 0.2) is 29.4 Å². The topological polar surface area (TPSA) is 74.7 Å². The van der Waals surface area contributed by atoms with E-state index >= 15 is 0 Å². The molecule has 0 spiro atoms. The largest absolute Gasteiger partial charge is 0.337 e. The average molecular weight is 342 g/mol. The zero-order chi connectivity index (χ0) is 16.5. The lowest BCUT2D eigenvalue weighted by Crippen LogP contribution is -2.44. The molecule has 2 amide bonds. The molecule has 1 aromatic heterocycles. The van der Waals surface area contributed by atoms with Crippen LogP contribution in [0.5, 0.6) is 0 Å². The summed E-state index contributed by atoms with van der Waals surface area (Å²) in [6.07, 6.45) is 2.77. The molecule has 0 saturated carbocycles. The van der Waals surface area contributed by atoms with E-state index in [0.717, 1.165) is 29.9 Å². The SMILES string of the molecule is O=C1CCC(C(=O)N2CCCC(c3nc4ccccc4s3)C2)=NN1. The highest BCUT2D eigenvalue weighted by atomic mass is 32.1. The number of rotatable bonds is 2. The van der Waals surface area contributed by atoms with Crippen molar-refractivity contribution in [2.75, 3.05) is 13.1 Å². The molecule has 2 aliphatic rings. The number of hydrogen-bond acceptors (Lipinski definition) is 5. The van der Waals surface area contributed by atoms with E-state index in [4.69, 9.17) is 4.98 Å². The number of aromatic nitrogens is 1. The van der Waals surface area contributed by atoms with Crippen molar-refractivity contribution < 1.29 is 9.59 Å². The van der Waals surface area contributed by atoms with Crippen LogP contribution >= 0.6 is 11.3 Å². The Balaban J connectivity index is 1.51. The maximum absolute atomic E-state index is 12.6. The lowest BCUT2D eigenvalue weighted by Gasteiger charge is -2.32. The maximum atomic E-state index is 12.6. The number of nitrogens with zero attached hydrogens (tertiary/aromatic N) is 3. The number of hydrazone groups is 1. The van der Waals surface area contributed by atoms with E-state index in [1.165, 1.54) is 4.70 Å². The first-order valence-electron chi connectivity index (χ1n) is 8.21. The fraction of sp³-hybridized carbons (Fsp3) is 0.412. The Morgan fingerprint density at radius 2 is 2.17 bits per heavy atom. The van der Waals surface area contributed by atoms with Gasteiger partial charge in [-0.05, 0) is 25.0 Å². The van der Waals surface area contributed by atoms with Gasteiger partial charge in [-0.15, -0.1) is 11.3 Å². The van der Waals surface area contributed by atoms with Gasteiger partial charge in [0.15, 0.2) is 0 Å². The van der Waals surface area contributed by atoms with E-state index in [0.29, 0.717) is 25.1 Å². The van der Waals surface area contributed by atoms with Crippen LogP contribution < -0.4 is 5.43 Å². The van der Waals surface area contributed by atoms with Crippen LogP contribution in [0.25, 0.3) is 10.2 Å². The van der Waals surface area contributed by atoms with Crippen LogP contribution in [0.3, 0.4) is 0 Å². The molecule has 1 unspecified atom stereocenters. The van der Waals surface area contributed by atoms with Crippen molar-refractivity contribution in [3.05, 3.63) is 29.3 Å². The van der Waals surface area contributed by atoms with Crippen LogP contribution in [0.4, 0.5) is 0 Å². The van der Waals surface area contributed by atoms with Crippen molar-refractivity contribution in [2.45, 2.75) is 31.6 Å². The molecule has 0 aliphatic carbocycles. The molecule has 124 valence electrons. The number of hydrogen-bond donors (Lipinski definition) is 1. The van der Waals surface area contributed by atoms with Crippen molar-refractivity contribution in [2.24, 2.45) is 5.10 Å². The summed E-state index contributed by atoms with van der Waals surface area (Å²) in [5.41, 5.74) is 3.89. The minimum atomic E-state index is -0.127. The molecule has 1 N–H and O–H groups in total. The summed E-state index contributed by atoms with van der Waals surface area (Å²) in [5, 5.41) is 5.04. The monoisotopic (exact) mass is 342 g/mol. The number of nitrogens with one attached hydrogen (secondary N) is 1. The quantitative estimate of drug-likeness (QED) is 0.910. The Bertz CT molecular complexity index is 796. The van der Waals surface area contributed by atoms with Crippen LogP contribution in [-0.4, -0.2) is 40.5 Å². The summed E-state index contributed by atoms with van der Waals surface area (Å²) in [5.74, 6) is 0.0947. The van der Waals surface area contributed by atoms with Gasteiger partial charge in [-0.3, -0.25) is 9.59 Å². The van der Waals surface area contributed by atoms with E-state index < -0.39 is 0 Å². The molecule has 1 saturated heterocycles. The number of thiazole rings is 1. The predicted molar refractivity (Wildman–Crippen MR) is 93.0 cm³/mol. The van der Waals surface area contributed by atoms with Crippen molar-refractivity contribution >= 4 is 39.1 Å². The van der Waals surface area contributed by atoms with Crippen molar-refractivity contribution in [3.63, 3.8) is 0 Å². The molecule has 0 bridgehead atoms. The maximum Gasteiger partial charge on any atom is 0.270 e. The Labute approximate surface area is 143 Å². The van der Waals surface area contributed by atoms with Gasteiger partial charge >= 0.3 is 0 Å². The Hall–Kier alpha value is -2.28. The summed E-state index contributed by atoms with van der Waals surface area (Å²) in [6.45, 7) is 1.42. The van der Waals surface area contributed by atoms with Gasteiger partial charge in [0.1, 0.15) is 5.71 Å². The highest BCUT2D eigenvalue weighted by Gasteiger charge is 2.30. The smallest absolute Gasteiger partial charge is 0.270 e. The Kier molecular flexibility index (Phi) is 4.02. The van der Waals surface area contributed by atoms with Crippen molar-refractivity contribution in [1.29, 1.82) is 0 Å². The molecule has 4 rings (SSSR count). The molecule has 1 atom stereocenters. The molecule has 2 aromatic rings. The molecule has 0 radical (unpaired) electrons. The predicted octanol–water partition coefficient (Wildman–Crippen LogP) is 2.27. The number of para-hydroxylation sites is 1. The number of likely N-dealkylation sites (tertiary alicyclic amines) is 1. The third-order valence-electron chi connectivity index (χ3n) is 4.52. The number of carbonyl (C=O) groups is 2. The van der Waals surface area contributed by atoms with E-state index in [1.54, 1.807) is 11.3 Å². The van der Waals surface area contributed by atoms with Gasteiger partial charge in [0.05, 0.1) is 15.2 Å². The zero-order valence-corrected chi connectivity index (χ0v) is 14.0. The minimum absolute atomic E-state index is 0.0548. The first-order valence-corrected chi connectivity index (χ1v) is 9.02. The van der Waals surface area contributed by atoms with Gasteiger partial charge in [-0.25, -0.2) is 10.4 Å². The highest BCUT2D eigenvalue weighted by Crippen LogP contribution is 2.33. The van der Waals surface area contributed by atoms with E-state index in [2.05, 4.69) is 16.6 Å². The zero-order valence-electron chi connectivity index (χ0n) is 13.2. The second kappa shape index (κ2) is 6.32. The van der Waals surface area contributed by atoms with Gasteiger partial charge in [0, 0.05) is 31.8 Å². The number of amides is 2. The normalized spacial score (nSPS) is 21.5. The summed E-state index contributed by atoms with van der Waals surface area (Å²) in [4.78, 5) is 30.4. The van der Waals surface area contributed by atoms with Crippen LogP contribution in [0.2, 0.25) is 0 Å². The van der Waals surface area contributed by atoms with Gasteiger partial charge in [0.2, 0.25) is 5.91 Å². The summed E-state index contributed by atoms with van der Waals surface area (Å²) < 4.78 is 1.19. The average Bonchev–Trinajstić information content (AvgIpc) is 3.06. The lowest BCUT2D eigenvalue weighted by atomic mass is 9.98. The number of piperidine rings is 1. The minimum Gasteiger partial charge on any atom is -0.337 e. The van der Waals surface area contributed by atoms with Crippen molar-refractivity contribution in [3.8, 4) is 0 Å². The lowest BCUT2D eigenvalue weighted by molar-refractivity contribution is -0.125. The molecule has 7 heteroatoms. The molecule has 1 aromatic carbocycles. The molecular formula is C17H18N4O2S. The Morgan fingerprint density at radius 3 is 2.96 bits per heavy atom. The second-order valence-corrected chi connectivity index (χ2v) is 7.27. The summed E-state index contributed by atoms with van der Waals surface area (Å²) in [7, 11) is 0. The third-order valence-corrected chi connectivity index (χ3v) is 5.72. The second-order valence-electron chi connectivity index (χ2n) is 6.20. The van der Waals surface area contributed by atoms with E-state index in [1.807, 2.05) is 23.1 Å². The number of benzene rings is 1. The van der Waals surface area contributed by atoms with Gasteiger partial charge < -0.3 is 4.90 Å². The van der Waals surface area contributed by atoms with Crippen LogP contribution in [0.1, 0.15) is 36.6 Å². The fourth-order valence-electron chi connectivity index (χ4n) is 3.24. The first-order chi connectivity index (χ1) is 11.7. The first kappa shape index (κ1) is 15.3. The van der Waals surface area contributed by atoms with Gasteiger partial charge in [-0.2, -0.15) is 5.10 Å². The van der Waals surface area contributed by atoms with Crippen LogP contribution in [0, 0.1) is 0 Å². The van der Waals surface area contributed by atoms with E-state index in [-0.39, 0.29) is 17.7 Å². The standard InChI is InChI=1S/C17H18N4O2S/c22-15-8-7-13(19-20-15)17(23)21-9-3-4-11(10-21)16-18-12-5-1-2-6-14(12)24-16/h1-2,5-6,11H,3-4,7-10H2,(H,20,22). The highest BCUT2D eigenvalue weighted by molar-refractivity contribution is 7.18. The Morgan fingerprint density at radius 1 is 1.29 bits per heavy atom. The summed E-state index contributed by atoms with van der Waals surface area (Å²) >= 11 is 1.72. The third kappa shape index (κ3) is 2.91. The molecular weight excluding hydrogens is 324 g/mol.